The predicted molar refractivity (Wildman–Crippen MR) is 104 cm³/mol. The lowest BCUT2D eigenvalue weighted by atomic mass is 10.1. The highest BCUT2D eigenvalue weighted by Crippen LogP contribution is 2.32. The smallest absolute Gasteiger partial charge is 0.271 e. The summed E-state index contributed by atoms with van der Waals surface area (Å²) in [6.07, 6.45) is 6.59. The van der Waals surface area contributed by atoms with Gasteiger partial charge in [0, 0.05) is 31.5 Å². The van der Waals surface area contributed by atoms with E-state index in [9.17, 15) is 4.79 Å². The van der Waals surface area contributed by atoms with E-state index in [1.54, 1.807) is 17.5 Å². The second-order valence-electron chi connectivity index (χ2n) is 6.77. The number of carbonyl (C=O) groups is 1. The Morgan fingerprint density at radius 1 is 1.31 bits per heavy atom. The van der Waals surface area contributed by atoms with Crippen molar-refractivity contribution in [1.29, 1.82) is 0 Å². The van der Waals surface area contributed by atoms with Gasteiger partial charge in [-0.1, -0.05) is 17.4 Å². The van der Waals surface area contributed by atoms with Gasteiger partial charge in [0.2, 0.25) is 0 Å². The Morgan fingerprint density at radius 3 is 3.00 bits per heavy atom. The third-order valence-electron chi connectivity index (χ3n) is 4.64. The zero-order valence-electron chi connectivity index (χ0n) is 14.9. The zero-order valence-corrected chi connectivity index (χ0v) is 15.7. The van der Waals surface area contributed by atoms with Crippen LogP contribution in [0.4, 0.5) is 5.13 Å². The minimum Gasteiger partial charge on any atom is -0.346 e. The standard InChI is InChI=1S/C19H21N5OS/c1-12-8-13(2)17-16(9-12)26-19(23-17)24-7-3-4-14(11-24)22-18(25)15-10-20-5-6-21-15/h5-6,8-10,14H,3-4,7,11H2,1-2H3,(H,22,25). The molecule has 1 fully saturated rings. The van der Waals surface area contributed by atoms with Gasteiger partial charge in [0.05, 0.1) is 16.4 Å². The summed E-state index contributed by atoms with van der Waals surface area (Å²) >= 11 is 1.73. The van der Waals surface area contributed by atoms with Gasteiger partial charge in [0.25, 0.3) is 5.91 Å². The number of thiazole rings is 1. The van der Waals surface area contributed by atoms with Crippen LogP contribution >= 0.6 is 11.3 Å². The number of aromatic nitrogens is 3. The molecule has 3 heterocycles. The van der Waals surface area contributed by atoms with E-state index in [1.807, 2.05) is 0 Å². The van der Waals surface area contributed by atoms with Crippen LogP contribution in [0.3, 0.4) is 0 Å². The van der Waals surface area contributed by atoms with Gasteiger partial charge in [-0.2, -0.15) is 0 Å². The molecule has 3 aromatic rings. The zero-order chi connectivity index (χ0) is 18.1. The number of fused-ring (bicyclic) bond motifs is 1. The van der Waals surface area contributed by atoms with Gasteiger partial charge in [-0.25, -0.2) is 9.97 Å². The normalized spacial score (nSPS) is 17.5. The van der Waals surface area contributed by atoms with Gasteiger partial charge in [0.15, 0.2) is 5.13 Å². The predicted octanol–water partition coefficient (Wildman–Crippen LogP) is 3.10. The molecule has 4 rings (SSSR count). The quantitative estimate of drug-likeness (QED) is 0.770. The number of rotatable bonds is 3. The summed E-state index contributed by atoms with van der Waals surface area (Å²) in [6, 6.07) is 4.46. The lowest BCUT2D eigenvalue weighted by Crippen LogP contribution is -2.48. The van der Waals surface area contributed by atoms with Crippen LogP contribution in [0, 0.1) is 13.8 Å². The van der Waals surface area contributed by atoms with E-state index < -0.39 is 0 Å². The minimum absolute atomic E-state index is 0.0908. The van der Waals surface area contributed by atoms with E-state index in [2.05, 4.69) is 46.2 Å². The SMILES string of the molecule is Cc1cc(C)c2nc(N3CCCC(NC(=O)c4cnccn4)C3)sc2c1. The topological polar surface area (TPSA) is 71.0 Å². The summed E-state index contributed by atoms with van der Waals surface area (Å²) in [7, 11) is 0. The molecule has 1 unspecified atom stereocenters. The van der Waals surface area contributed by atoms with E-state index >= 15 is 0 Å². The van der Waals surface area contributed by atoms with E-state index in [0.29, 0.717) is 5.69 Å². The highest BCUT2D eigenvalue weighted by Gasteiger charge is 2.24. The largest absolute Gasteiger partial charge is 0.346 e. The number of hydrogen-bond acceptors (Lipinski definition) is 6. The molecule has 1 N–H and O–H groups in total. The highest BCUT2D eigenvalue weighted by atomic mass is 32.1. The summed E-state index contributed by atoms with van der Waals surface area (Å²) in [5, 5.41) is 4.12. The monoisotopic (exact) mass is 367 g/mol. The maximum absolute atomic E-state index is 12.3. The molecular weight excluding hydrogens is 346 g/mol. The van der Waals surface area contributed by atoms with Gasteiger partial charge < -0.3 is 10.2 Å². The highest BCUT2D eigenvalue weighted by molar-refractivity contribution is 7.22. The van der Waals surface area contributed by atoms with E-state index in [4.69, 9.17) is 4.98 Å². The Hall–Kier alpha value is -2.54. The number of piperidine rings is 1. The molecule has 134 valence electrons. The van der Waals surface area contributed by atoms with Crippen molar-refractivity contribution in [2.45, 2.75) is 32.7 Å². The Bertz CT molecular complexity index is 940. The molecule has 0 radical (unpaired) electrons. The number of aryl methyl sites for hydroxylation is 2. The second kappa shape index (κ2) is 6.99. The van der Waals surface area contributed by atoms with E-state index in [0.717, 1.165) is 36.6 Å². The molecule has 1 aliphatic heterocycles. The summed E-state index contributed by atoms with van der Waals surface area (Å²) in [5.74, 6) is -0.166. The molecule has 1 aliphatic rings. The van der Waals surface area contributed by atoms with Crippen molar-refractivity contribution < 1.29 is 4.79 Å². The summed E-state index contributed by atoms with van der Waals surface area (Å²) in [5.41, 5.74) is 3.92. The summed E-state index contributed by atoms with van der Waals surface area (Å²) in [6.45, 7) is 5.96. The first-order chi connectivity index (χ1) is 12.6. The first-order valence-corrected chi connectivity index (χ1v) is 9.61. The Morgan fingerprint density at radius 2 is 2.19 bits per heavy atom. The molecule has 1 aromatic carbocycles. The molecule has 7 heteroatoms. The van der Waals surface area contributed by atoms with Crippen molar-refractivity contribution in [1.82, 2.24) is 20.3 Å². The van der Waals surface area contributed by atoms with Crippen molar-refractivity contribution in [3.63, 3.8) is 0 Å². The van der Waals surface area contributed by atoms with Crippen molar-refractivity contribution >= 4 is 32.6 Å². The van der Waals surface area contributed by atoms with Crippen LogP contribution in [0.15, 0.2) is 30.7 Å². The molecule has 0 bridgehead atoms. The molecule has 1 amide bonds. The third kappa shape index (κ3) is 3.39. The second-order valence-corrected chi connectivity index (χ2v) is 7.78. The van der Waals surface area contributed by atoms with Gasteiger partial charge >= 0.3 is 0 Å². The average Bonchev–Trinajstić information content (AvgIpc) is 3.07. The average molecular weight is 367 g/mol. The molecule has 6 nitrogen and oxygen atoms in total. The van der Waals surface area contributed by atoms with Crippen molar-refractivity contribution in [2.24, 2.45) is 0 Å². The number of amides is 1. The van der Waals surface area contributed by atoms with Crippen molar-refractivity contribution in [3.8, 4) is 0 Å². The maximum atomic E-state index is 12.3. The maximum Gasteiger partial charge on any atom is 0.271 e. The van der Waals surface area contributed by atoms with Gasteiger partial charge in [-0.05, 0) is 43.9 Å². The van der Waals surface area contributed by atoms with Crippen LogP contribution in [-0.4, -0.2) is 40.0 Å². The molecule has 0 spiro atoms. The number of nitrogens with zero attached hydrogens (tertiary/aromatic N) is 4. The molecule has 2 aromatic heterocycles. The third-order valence-corrected chi connectivity index (χ3v) is 5.70. The number of carbonyl (C=O) groups excluding carboxylic acids is 1. The molecule has 0 saturated carbocycles. The van der Waals surface area contributed by atoms with Crippen molar-refractivity contribution in [3.05, 3.63) is 47.5 Å². The van der Waals surface area contributed by atoms with Crippen LogP contribution in [-0.2, 0) is 0 Å². The van der Waals surface area contributed by atoms with Crippen LogP contribution in [0.1, 0.15) is 34.5 Å². The molecule has 1 saturated heterocycles. The first-order valence-electron chi connectivity index (χ1n) is 8.80. The lowest BCUT2D eigenvalue weighted by Gasteiger charge is -2.32. The fourth-order valence-corrected chi connectivity index (χ4v) is 4.62. The Labute approximate surface area is 156 Å². The minimum atomic E-state index is -0.166. The molecule has 1 atom stereocenters. The van der Waals surface area contributed by atoms with Gasteiger partial charge in [-0.15, -0.1) is 0 Å². The number of benzene rings is 1. The van der Waals surface area contributed by atoms with E-state index in [-0.39, 0.29) is 11.9 Å². The van der Waals surface area contributed by atoms with Crippen LogP contribution < -0.4 is 10.2 Å². The van der Waals surface area contributed by atoms with Gasteiger partial charge in [0.1, 0.15) is 5.69 Å². The van der Waals surface area contributed by atoms with Crippen LogP contribution in [0.5, 0.6) is 0 Å². The van der Waals surface area contributed by atoms with Crippen LogP contribution in [0.2, 0.25) is 0 Å². The fourth-order valence-electron chi connectivity index (χ4n) is 3.44. The first kappa shape index (κ1) is 16.9. The fraction of sp³-hybridized carbons (Fsp3) is 0.368. The van der Waals surface area contributed by atoms with Gasteiger partial charge in [-0.3, -0.25) is 9.78 Å². The van der Waals surface area contributed by atoms with E-state index in [1.165, 1.54) is 28.2 Å². The van der Waals surface area contributed by atoms with Crippen LogP contribution in [0.25, 0.3) is 10.2 Å². The Balaban J connectivity index is 1.50. The number of hydrogen-bond donors (Lipinski definition) is 1. The summed E-state index contributed by atoms with van der Waals surface area (Å²) in [4.78, 5) is 27.5. The number of nitrogens with one attached hydrogen (secondary N) is 1. The Kier molecular flexibility index (Phi) is 4.55. The lowest BCUT2D eigenvalue weighted by molar-refractivity contribution is 0.0927. The number of anilines is 1. The molecule has 26 heavy (non-hydrogen) atoms. The molecular formula is C19H21N5OS. The molecule has 0 aliphatic carbocycles. The van der Waals surface area contributed by atoms with Crippen molar-refractivity contribution in [2.75, 3.05) is 18.0 Å². The summed E-state index contributed by atoms with van der Waals surface area (Å²) < 4.78 is 1.23.